The second-order valence-corrected chi connectivity index (χ2v) is 8.26. The van der Waals surface area contributed by atoms with E-state index in [0.717, 1.165) is 5.56 Å². The van der Waals surface area contributed by atoms with E-state index in [0.29, 0.717) is 5.56 Å². The summed E-state index contributed by atoms with van der Waals surface area (Å²) in [7, 11) is 0. The van der Waals surface area contributed by atoms with Crippen molar-refractivity contribution in [1.82, 2.24) is 0 Å². The first-order valence-corrected chi connectivity index (χ1v) is 9.23. The largest absolute Gasteiger partial charge is 0.405 e. The van der Waals surface area contributed by atoms with Gasteiger partial charge in [-0.2, -0.15) is 0 Å². The number of nitrogens with zero attached hydrogens (tertiary/aromatic N) is 1. The van der Waals surface area contributed by atoms with E-state index in [4.69, 9.17) is 49.0 Å². The topological polar surface area (TPSA) is 57.1 Å². The summed E-state index contributed by atoms with van der Waals surface area (Å²) in [5.41, 5.74) is 1.52. The van der Waals surface area contributed by atoms with Crippen LogP contribution in [0.4, 0.5) is 0 Å². The van der Waals surface area contributed by atoms with Crippen LogP contribution in [-0.4, -0.2) is 35.2 Å². The number of aliphatic imine (C=N–C) groups is 1. The zero-order chi connectivity index (χ0) is 19.3. The van der Waals surface area contributed by atoms with Gasteiger partial charge in [0.1, 0.15) is 12.8 Å². The predicted molar refractivity (Wildman–Crippen MR) is 104 cm³/mol. The second-order valence-electron chi connectivity index (χ2n) is 5.75. The molecule has 3 rings (SSSR count). The summed E-state index contributed by atoms with van der Waals surface area (Å²) in [6.45, 7) is -0.416. The molecule has 2 aromatic rings. The summed E-state index contributed by atoms with van der Waals surface area (Å²) in [5, 5.41) is 0. The Hall–Kier alpha value is -1.63. The fourth-order valence-corrected chi connectivity index (χ4v) is 2.79. The van der Waals surface area contributed by atoms with Gasteiger partial charge in [0.05, 0.1) is 6.61 Å². The summed E-state index contributed by atoms with van der Waals surface area (Å²) in [6, 6.07) is 18.0. The number of cyclic esters (lactones) is 1. The molecule has 0 amide bonds. The molecule has 0 bridgehead atoms. The van der Waals surface area contributed by atoms with Crippen molar-refractivity contribution in [3.05, 3.63) is 71.8 Å². The molecule has 0 saturated heterocycles. The third-order valence-corrected chi connectivity index (χ3v) is 4.06. The van der Waals surface area contributed by atoms with Crippen molar-refractivity contribution in [2.24, 2.45) is 4.99 Å². The smallest absolute Gasteiger partial charge is 0.344 e. The first-order valence-electron chi connectivity index (χ1n) is 8.10. The number of benzene rings is 2. The number of ether oxygens (including phenoxy) is 3. The van der Waals surface area contributed by atoms with Crippen LogP contribution in [0.3, 0.4) is 0 Å². The van der Waals surface area contributed by atoms with Crippen molar-refractivity contribution in [3.63, 3.8) is 0 Å². The summed E-state index contributed by atoms with van der Waals surface area (Å²) in [4.78, 5) is 17.2. The van der Waals surface area contributed by atoms with Crippen LogP contribution in [0.15, 0.2) is 65.7 Å². The van der Waals surface area contributed by atoms with Crippen LogP contribution in [0.1, 0.15) is 17.2 Å². The average Bonchev–Trinajstić information content (AvgIpc) is 2.66. The lowest BCUT2D eigenvalue weighted by atomic mass is 10.0. The van der Waals surface area contributed by atoms with Gasteiger partial charge >= 0.3 is 5.97 Å². The Morgan fingerprint density at radius 2 is 1.63 bits per heavy atom. The third-order valence-electron chi connectivity index (χ3n) is 3.73. The number of rotatable bonds is 6. The highest BCUT2D eigenvalue weighted by molar-refractivity contribution is 6.67. The zero-order valence-corrected chi connectivity index (χ0v) is 16.3. The summed E-state index contributed by atoms with van der Waals surface area (Å²) in [5.74, 6) is -0.313. The normalized spacial score (nSPS) is 20.1. The Morgan fingerprint density at radius 1 is 1.00 bits per heavy atom. The van der Waals surface area contributed by atoms with Gasteiger partial charge in [0, 0.05) is 5.56 Å². The lowest BCUT2D eigenvalue weighted by molar-refractivity contribution is -0.163. The Labute approximate surface area is 171 Å². The molecule has 0 unspecified atom stereocenters. The van der Waals surface area contributed by atoms with Crippen molar-refractivity contribution >= 4 is 46.7 Å². The van der Waals surface area contributed by atoms with Crippen LogP contribution < -0.4 is 0 Å². The molecule has 0 spiro atoms. The standard InChI is InChI=1S/C19H16Cl3NO4/c20-19(21,22)11-25-12-26-16-15(13-7-3-1-4-8-13)23-17(27-18(16)24)14-9-5-2-6-10-14/h1-10,15-16H,11-12H2/t15-,16+/m0/s1. The number of halogens is 3. The number of hydrogen-bond donors (Lipinski definition) is 0. The number of esters is 1. The van der Waals surface area contributed by atoms with Crippen molar-refractivity contribution in [2.45, 2.75) is 15.9 Å². The summed E-state index contributed by atoms with van der Waals surface area (Å²) >= 11 is 16.9. The van der Waals surface area contributed by atoms with E-state index in [-0.39, 0.29) is 19.3 Å². The molecule has 1 heterocycles. The van der Waals surface area contributed by atoms with Crippen LogP contribution in [0, 0.1) is 0 Å². The molecule has 2 atom stereocenters. The molecule has 0 radical (unpaired) electrons. The lowest BCUT2D eigenvalue weighted by Gasteiger charge is -2.28. The van der Waals surface area contributed by atoms with E-state index in [1.54, 1.807) is 0 Å². The van der Waals surface area contributed by atoms with Crippen LogP contribution in [0.5, 0.6) is 0 Å². The monoisotopic (exact) mass is 427 g/mol. The highest BCUT2D eigenvalue weighted by Crippen LogP contribution is 2.30. The number of hydrogen-bond acceptors (Lipinski definition) is 5. The molecule has 5 nitrogen and oxygen atoms in total. The fourth-order valence-electron chi connectivity index (χ4n) is 2.55. The molecule has 142 valence electrons. The minimum Gasteiger partial charge on any atom is -0.405 e. The van der Waals surface area contributed by atoms with E-state index in [9.17, 15) is 4.79 Å². The molecule has 0 saturated carbocycles. The molecular weight excluding hydrogens is 413 g/mol. The van der Waals surface area contributed by atoms with Crippen molar-refractivity contribution in [3.8, 4) is 0 Å². The molecule has 8 heteroatoms. The van der Waals surface area contributed by atoms with Crippen molar-refractivity contribution in [2.75, 3.05) is 13.4 Å². The average molecular weight is 429 g/mol. The maximum Gasteiger partial charge on any atom is 0.344 e. The Kier molecular flexibility index (Phi) is 6.73. The minimum absolute atomic E-state index is 0.173. The number of carbonyl (C=O) groups is 1. The van der Waals surface area contributed by atoms with Crippen LogP contribution in [-0.2, 0) is 19.0 Å². The van der Waals surface area contributed by atoms with Gasteiger partial charge in [-0.05, 0) is 17.7 Å². The molecular formula is C19H16Cl3NO4. The molecule has 0 N–H and O–H groups in total. The van der Waals surface area contributed by atoms with Crippen LogP contribution in [0.2, 0.25) is 0 Å². The second kappa shape index (κ2) is 9.04. The first kappa shape index (κ1) is 20.1. The fraction of sp³-hybridized carbons (Fsp3) is 0.263. The van der Waals surface area contributed by atoms with Gasteiger partial charge in [0.2, 0.25) is 9.69 Å². The minimum atomic E-state index is -1.56. The molecule has 2 aromatic carbocycles. The SMILES string of the molecule is O=C1OC(c2ccccc2)=N[C@@H](c2ccccc2)[C@H]1OCOCC(Cl)(Cl)Cl. The molecule has 1 aliphatic heterocycles. The molecule has 1 aliphatic rings. The van der Waals surface area contributed by atoms with Gasteiger partial charge in [-0.1, -0.05) is 83.3 Å². The van der Waals surface area contributed by atoms with E-state index in [1.165, 1.54) is 0 Å². The Balaban J connectivity index is 1.81. The molecule has 27 heavy (non-hydrogen) atoms. The quantitative estimate of drug-likeness (QED) is 0.295. The highest BCUT2D eigenvalue weighted by atomic mass is 35.6. The first-order chi connectivity index (χ1) is 12.9. The van der Waals surface area contributed by atoms with Gasteiger partial charge in [-0.3, -0.25) is 0 Å². The molecule has 0 fully saturated rings. The van der Waals surface area contributed by atoms with Crippen LogP contribution >= 0.6 is 34.8 Å². The Morgan fingerprint density at radius 3 is 2.26 bits per heavy atom. The van der Waals surface area contributed by atoms with Crippen molar-refractivity contribution in [1.29, 1.82) is 0 Å². The maximum absolute atomic E-state index is 12.6. The number of alkyl halides is 3. The summed E-state index contributed by atoms with van der Waals surface area (Å²) in [6.07, 6.45) is -0.977. The van der Waals surface area contributed by atoms with Gasteiger partial charge in [-0.25, -0.2) is 9.79 Å². The third kappa shape index (κ3) is 5.67. The van der Waals surface area contributed by atoms with Crippen LogP contribution in [0.25, 0.3) is 0 Å². The van der Waals surface area contributed by atoms with Gasteiger partial charge in [0.25, 0.3) is 0 Å². The van der Waals surface area contributed by atoms with Gasteiger partial charge < -0.3 is 14.2 Å². The van der Waals surface area contributed by atoms with Gasteiger partial charge in [-0.15, -0.1) is 0 Å². The highest BCUT2D eigenvalue weighted by Gasteiger charge is 2.38. The molecule has 0 aliphatic carbocycles. The molecule has 0 aromatic heterocycles. The summed E-state index contributed by atoms with van der Waals surface area (Å²) < 4.78 is 14.6. The van der Waals surface area contributed by atoms with E-state index in [2.05, 4.69) is 4.99 Å². The van der Waals surface area contributed by atoms with E-state index < -0.39 is 21.9 Å². The van der Waals surface area contributed by atoms with E-state index in [1.807, 2.05) is 60.7 Å². The predicted octanol–water partition coefficient (Wildman–Crippen LogP) is 4.46. The maximum atomic E-state index is 12.6. The lowest BCUT2D eigenvalue weighted by Crippen LogP contribution is -2.39. The Bertz CT molecular complexity index is 794. The van der Waals surface area contributed by atoms with Gasteiger partial charge in [0.15, 0.2) is 6.10 Å². The van der Waals surface area contributed by atoms with E-state index >= 15 is 0 Å². The zero-order valence-electron chi connectivity index (χ0n) is 14.1. The van der Waals surface area contributed by atoms with Crippen molar-refractivity contribution < 1.29 is 19.0 Å². The number of carbonyl (C=O) groups excluding carboxylic acids is 1.